The van der Waals surface area contributed by atoms with Crippen LogP contribution in [0.15, 0.2) is 54.9 Å². The van der Waals surface area contributed by atoms with E-state index in [-0.39, 0.29) is 16.7 Å². The number of halogens is 1. The molecule has 0 aliphatic carbocycles. The Morgan fingerprint density at radius 3 is 2.60 bits per heavy atom. The Balaban J connectivity index is 2.11. The molecule has 0 unspecified atom stereocenters. The highest BCUT2D eigenvalue weighted by molar-refractivity contribution is 6.29. The first-order valence-corrected chi connectivity index (χ1v) is 6.01. The molecule has 20 heavy (non-hydrogen) atoms. The van der Waals surface area contributed by atoms with Crippen LogP contribution in [0, 0.1) is 11.3 Å². The molecule has 0 saturated carbocycles. The number of ether oxygens (including phenoxy) is 1. The van der Waals surface area contributed by atoms with Crippen molar-refractivity contribution in [1.82, 2.24) is 4.98 Å². The number of hydrogen-bond donors (Lipinski definition) is 0. The average molecular weight is 285 g/mol. The Kier molecular flexibility index (Phi) is 4.14. The van der Waals surface area contributed by atoms with Gasteiger partial charge in [0.25, 0.3) is 0 Å². The Labute approximate surface area is 120 Å². The predicted octanol–water partition coefficient (Wildman–Crippen LogP) is 3.38. The van der Waals surface area contributed by atoms with Crippen LogP contribution < -0.4 is 4.74 Å². The summed E-state index contributed by atoms with van der Waals surface area (Å²) in [5.74, 6) is 0.0261. The molecule has 0 aliphatic heterocycles. The smallest absolute Gasteiger partial charge is 0.227 e. The minimum absolute atomic E-state index is 0.0306. The normalized spacial score (nSPS) is 9.60. The van der Waals surface area contributed by atoms with Crippen LogP contribution >= 0.6 is 11.6 Å². The fraction of sp³-hybridized carbons (Fsp3) is 0. The maximum atomic E-state index is 12.1. The van der Waals surface area contributed by atoms with Crippen LogP contribution in [0.5, 0.6) is 5.75 Å². The largest absolute Gasteiger partial charge is 0.454 e. The molecule has 0 fully saturated rings. The number of nitriles is 1. The van der Waals surface area contributed by atoms with Crippen LogP contribution in [-0.4, -0.2) is 10.8 Å². The van der Waals surface area contributed by atoms with Crippen molar-refractivity contribution in [3.63, 3.8) is 0 Å². The summed E-state index contributed by atoms with van der Waals surface area (Å²) in [7, 11) is 0. The number of Topliss-reactive ketones (excluding diaryl/α,β-unsaturated/α-hetero) is 1. The summed E-state index contributed by atoms with van der Waals surface area (Å²) in [4.78, 5) is 15.9. The number of nitrogens with zero attached hydrogens (tertiary/aromatic N) is 2. The van der Waals surface area contributed by atoms with Crippen LogP contribution in [0.4, 0.5) is 0 Å². The Hall–Kier alpha value is -2.64. The van der Waals surface area contributed by atoms with Crippen molar-refractivity contribution in [1.29, 1.82) is 5.26 Å². The van der Waals surface area contributed by atoms with Gasteiger partial charge in [-0.15, -0.1) is 0 Å². The Bertz CT molecular complexity index is 703. The number of aromatic nitrogens is 1. The van der Waals surface area contributed by atoms with Gasteiger partial charge in [0, 0.05) is 11.8 Å². The molecule has 98 valence electrons. The molecule has 2 rings (SSSR count). The second kappa shape index (κ2) is 6.00. The summed E-state index contributed by atoms with van der Waals surface area (Å²) >= 11 is 5.72. The van der Waals surface area contributed by atoms with Gasteiger partial charge in [-0.3, -0.25) is 4.79 Å². The van der Waals surface area contributed by atoms with E-state index in [4.69, 9.17) is 21.6 Å². The number of pyridine rings is 1. The lowest BCUT2D eigenvalue weighted by atomic mass is 10.1. The number of hydrogen-bond acceptors (Lipinski definition) is 4. The summed E-state index contributed by atoms with van der Waals surface area (Å²) < 4.78 is 5.35. The summed E-state index contributed by atoms with van der Waals surface area (Å²) in [6.07, 6.45) is 1.44. The summed E-state index contributed by atoms with van der Waals surface area (Å²) in [6.45, 7) is 3.60. The van der Waals surface area contributed by atoms with E-state index in [1.165, 1.54) is 18.3 Å². The van der Waals surface area contributed by atoms with Crippen molar-refractivity contribution < 1.29 is 9.53 Å². The topological polar surface area (TPSA) is 63.0 Å². The second-order valence-corrected chi connectivity index (χ2v) is 4.25. The lowest BCUT2D eigenvalue weighted by Crippen LogP contribution is -2.08. The molecule has 5 heteroatoms. The van der Waals surface area contributed by atoms with Gasteiger partial charge in [0.05, 0.1) is 11.6 Å². The van der Waals surface area contributed by atoms with E-state index < -0.39 is 0 Å². The standard InChI is InChI=1S/C15H9ClN2O2/c1-10(15(19)12-6-7-18-14(16)8-12)20-13-4-2-11(9-17)3-5-13/h2-8H,1H2. The second-order valence-electron chi connectivity index (χ2n) is 3.86. The molecule has 0 bridgehead atoms. The lowest BCUT2D eigenvalue weighted by molar-refractivity contribution is 0.0987. The molecule has 0 amide bonds. The highest BCUT2D eigenvalue weighted by Gasteiger charge is 2.13. The first-order valence-electron chi connectivity index (χ1n) is 5.63. The van der Waals surface area contributed by atoms with Gasteiger partial charge < -0.3 is 4.74 Å². The molecule has 2 aromatic rings. The van der Waals surface area contributed by atoms with Crippen LogP contribution in [-0.2, 0) is 0 Å². The van der Waals surface area contributed by atoms with E-state index in [2.05, 4.69) is 11.6 Å². The molecule has 0 N–H and O–H groups in total. The third-order valence-electron chi connectivity index (χ3n) is 2.47. The van der Waals surface area contributed by atoms with Crippen molar-refractivity contribution >= 4 is 17.4 Å². The molecule has 1 aromatic heterocycles. The quantitative estimate of drug-likeness (QED) is 0.374. The molecule has 1 heterocycles. The molecule has 0 atom stereocenters. The van der Waals surface area contributed by atoms with Crippen molar-refractivity contribution in [2.75, 3.05) is 0 Å². The number of ketones is 1. The van der Waals surface area contributed by atoms with Crippen molar-refractivity contribution in [3.8, 4) is 11.8 Å². The molecule has 0 spiro atoms. The predicted molar refractivity (Wildman–Crippen MR) is 74.5 cm³/mol. The molecule has 0 aliphatic rings. The number of carbonyl (C=O) groups is 1. The van der Waals surface area contributed by atoms with E-state index >= 15 is 0 Å². The summed E-state index contributed by atoms with van der Waals surface area (Å²) in [5.41, 5.74) is 0.860. The lowest BCUT2D eigenvalue weighted by Gasteiger charge is -2.07. The first-order chi connectivity index (χ1) is 9.60. The fourth-order valence-corrected chi connectivity index (χ4v) is 1.66. The third-order valence-corrected chi connectivity index (χ3v) is 2.67. The van der Waals surface area contributed by atoms with Crippen molar-refractivity contribution in [3.05, 3.63) is 71.2 Å². The number of carbonyl (C=O) groups excluding carboxylic acids is 1. The van der Waals surface area contributed by atoms with E-state index in [1.807, 2.05) is 6.07 Å². The third kappa shape index (κ3) is 3.22. The number of allylic oxidation sites excluding steroid dienone is 1. The maximum Gasteiger partial charge on any atom is 0.227 e. The fourth-order valence-electron chi connectivity index (χ4n) is 1.49. The van der Waals surface area contributed by atoms with Gasteiger partial charge in [-0.05, 0) is 36.4 Å². The van der Waals surface area contributed by atoms with Crippen LogP contribution in [0.3, 0.4) is 0 Å². The van der Waals surface area contributed by atoms with Gasteiger partial charge in [0.2, 0.25) is 5.78 Å². The molecule has 1 aromatic carbocycles. The summed E-state index contributed by atoms with van der Waals surface area (Å²) in [6, 6.07) is 11.3. The SMILES string of the molecule is C=C(Oc1ccc(C#N)cc1)C(=O)c1ccnc(Cl)c1. The van der Waals surface area contributed by atoms with E-state index in [9.17, 15) is 4.79 Å². The number of benzene rings is 1. The zero-order valence-corrected chi connectivity index (χ0v) is 11.1. The molecule has 0 saturated heterocycles. The maximum absolute atomic E-state index is 12.1. The van der Waals surface area contributed by atoms with Crippen LogP contribution in [0.1, 0.15) is 15.9 Å². The minimum atomic E-state index is -0.376. The monoisotopic (exact) mass is 284 g/mol. The Morgan fingerprint density at radius 2 is 2.00 bits per heavy atom. The molecule has 0 radical (unpaired) electrons. The molecule has 4 nitrogen and oxygen atoms in total. The van der Waals surface area contributed by atoms with Crippen molar-refractivity contribution in [2.24, 2.45) is 0 Å². The van der Waals surface area contributed by atoms with Crippen molar-refractivity contribution in [2.45, 2.75) is 0 Å². The minimum Gasteiger partial charge on any atom is -0.454 e. The highest BCUT2D eigenvalue weighted by atomic mass is 35.5. The van der Waals surface area contributed by atoms with Gasteiger partial charge in [-0.2, -0.15) is 5.26 Å². The van der Waals surface area contributed by atoms with Crippen LogP contribution in [0.2, 0.25) is 5.15 Å². The van der Waals surface area contributed by atoms with Gasteiger partial charge >= 0.3 is 0 Å². The van der Waals surface area contributed by atoms with E-state index in [1.54, 1.807) is 24.3 Å². The number of rotatable bonds is 4. The average Bonchev–Trinajstić information content (AvgIpc) is 2.47. The van der Waals surface area contributed by atoms with Gasteiger partial charge in [0.15, 0.2) is 5.76 Å². The summed E-state index contributed by atoms with van der Waals surface area (Å²) in [5, 5.41) is 8.92. The zero-order valence-electron chi connectivity index (χ0n) is 10.3. The highest BCUT2D eigenvalue weighted by Crippen LogP contribution is 2.17. The molecular formula is C15H9ClN2O2. The zero-order chi connectivity index (χ0) is 14.5. The van der Waals surface area contributed by atoms with Crippen LogP contribution in [0.25, 0.3) is 0 Å². The van der Waals surface area contributed by atoms with Gasteiger partial charge in [0.1, 0.15) is 10.9 Å². The molecular weight excluding hydrogens is 276 g/mol. The van der Waals surface area contributed by atoms with E-state index in [0.29, 0.717) is 16.9 Å². The first kappa shape index (κ1) is 13.8. The van der Waals surface area contributed by atoms with E-state index in [0.717, 1.165) is 0 Å². The Morgan fingerprint density at radius 1 is 1.30 bits per heavy atom. The van der Waals surface area contributed by atoms with Gasteiger partial charge in [-0.25, -0.2) is 4.98 Å². The van der Waals surface area contributed by atoms with Gasteiger partial charge in [-0.1, -0.05) is 18.2 Å².